The molecule has 0 fully saturated rings. The van der Waals surface area contributed by atoms with E-state index >= 15 is 0 Å². The molecule has 0 atom stereocenters. The van der Waals surface area contributed by atoms with Crippen LogP contribution in [0.5, 0.6) is 0 Å². The first-order valence-corrected chi connectivity index (χ1v) is 6.46. The molecule has 19 heavy (non-hydrogen) atoms. The first-order chi connectivity index (χ1) is 9.38. The highest BCUT2D eigenvalue weighted by molar-refractivity contribution is 5.90. The van der Waals surface area contributed by atoms with E-state index in [1.165, 1.54) is 11.1 Å². The van der Waals surface area contributed by atoms with Crippen LogP contribution in [-0.2, 0) is 11.2 Å². The molecule has 0 unspecified atom stereocenters. The van der Waals surface area contributed by atoms with Gasteiger partial charge in [-0.1, -0.05) is 36.4 Å². The maximum atomic E-state index is 10.7. The molecule has 0 bridgehead atoms. The number of carbonyl (C=O) groups is 1. The van der Waals surface area contributed by atoms with Crippen molar-refractivity contribution < 1.29 is 4.79 Å². The van der Waals surface area contributed by atoms with E-state index in [9.17, 15) is 4.79 Å². The largest absolute Gasteiger partial charge is 0.361 e. The van der Waals surface area contributed by atoms with E-state index in [1.807, 2.05) is 6.20 Å². The van der Waals surface area contributed by atoms with Crippen molar-refractivity contribution in [2.75, 3.05) is 0 Å². The lowest BCUT2D eigenvalue weighted by atomic mass is 10.0. The number of H-pyrrole nitrogens is 1. The van der Waals surface area contributed by atoms with Crippen molar-refractivity contribution in [3.8, 4) is 0 Å². The highest BCUT2D eigenvalue weighted by atomic mass is 16.1. The van der Waals surface area contributed by atoms with Gasteiger partial charge in [-0.15, -0.1) is 0 Å². The molecule has 2 nitrogen and oxygen atoms in total. The molecule has 1 aromatic heterocycles. The molecular formula is C17H15NO. The van der Waals surface area contributed by atoms with Gasteiger partial charge in [-0.05, 0) is 35.3 Å². The van der Waals surface area contributed by atoms with Gasteiger partial charge in [0, 0.05) is 23.5 Å². The van der Waals surface area contributed by atoms with Crippen molar-refractivity contribution in [1.29, 1.82) is 0 Å². The minimum atomic E-state index is 0.457. The van der Waals surface area contributed by atoms with Gasteiger partial charge in [-0.25, -0.2) is 0 Å². The summed E-state index contributed by atoms with van der Waals surface area (Å²) >= 11 is 0. The van der Waals surface area contributed by atoms with Crippen LogP contribution in [0.15, 0.2) is 54.8 Å². The van der Waals surface area contributed by atoms with Crippen molar-refractivity contribution >= 4 is 22.8 Å². The second kappa shape index (κ2) is 5.11. The first-order valence-electron chi connectivity index (χ1n) is 6.46. The number of hydrogen-bond acceptors (Lipinski definition) is 1. The summed E-state index contributed by atoms with van der Waals surface area (Å²) in [5, 5.41) is 1.13. The number of allylic oxidation sites excluding steroid dienone is 6. The fourth-order valence-electron chi connectivity index (χ4n) is 2.39. The van der Waals surface area contributed by atoms with E-state index in [0.29, 0.717) is 6.42 Å². The first kappa shape index (κ1) is 11.7. The molecule has 2 heteroatoms. The van der Waals surface area contributed by atoms with E-state index in [4.69, 9.17) is 0 Å². The summed E-state index contributed by atoms with van der Waals surface area (Å²) in [4.78, 5) is 13.9. The number of benzene rings is 1. The van der Waals surface area contributed by atoms with Crippen molar-refractivity contribution in [2.45, 2.75) is 12.8 Å². The Bertz CT molecular complexity index is 701. The summed E-state index contributed by atoms with van der Waals surface area (Å²) in [6, 6.07) is 6.33. The molecule has 0 saturated heterocycles. The minimum absolute atomic E-state index is 0.457. The Balaban J connectivity index is 2.09. The standard InChI is InChI=1S/C17H15NO/c19-10-9-15-12-18-17-8-7-14(11-16(15)17)13-5-3-1-2-4-6-13/h1,3-8,10-12,18H,2,9H2. The average molecular weight is 249 g/mol. The van der Waals surface area contributed by atoms with Crippen LogP contribution in [0.4, 0.5) is 0 Å². The minimum Gasteiger partial charge on any atom is -0.361 e. The molecular weight excluding hydrogens is 234 g/mol. The number of rotatable bonds is 3. The zero-order valence-electron chi connectivity index (χ0n) is 10.6. The third kappa shape index (κ3) is 2.29. The number of carbonyl (C=O) groups excluding carboxylic acids is 1. The van der Waals surface area contributed by atoms with Gasteiger partial charge < -0.3 is 9.78 Å². The highest BCUT2D eigenvalue weighted by Crippen LogP contribution is 2.25. The Hall–Kier alpha value is -2.35. The van der Waals surface area contributed by atoms with Crippen LogP contribution >= 0.6 is 0 Å². The second-order valence-electron chi connectivity index (χ2n) is 4.63. The van der Waals surface area contributed by atoms with Crippen molar-refractivity contribution in [1.82, 2.24) is 4.98 Å². The number of nitrogens with one attached hydrogen (secondary N) is 1. The summed E-state index contributed by atoms with van der Waals surface area (Å²) < 4.78 is 0. The number of fused-ring (bicyclic) bond motifs is 1. The molecule has 0 saturated carbocycles. The fourth-order valence-corrected chi connectivity index (χ4v) is 2.39. The van der Waals surface area contributed by atoms with Crippen molar-refractivity contribution in [3.63, 3.8) is 0 Å². The fraction of sp³-hybridized carbons (Fsp3) is 0.118. The van der Waals surface area contributed by atoms with Crippen molar-refractivity contribution in [2.24, 2.45) is 0 Å². The molecule has 0 spiro atoms. The molecule has 0 aliphatic heterocycles. The van der Waals surface area contributed by atoms with Gasteiger partial charge in [0.2, 0.25) is 0 Å². The number of aldehydes is 1. The van der Waals surface area contributed by atoms with Gasteiger partial charge in [0.1, 0.15) is 6.29 Å². The SMILES string of the molecule is O=CCc1c[nH]c2ccc(C3=CC=CCC=C3)cc12. The van der Waals surface area contributed by atoms with E-state index in [2.05, 4.69) is 53.6 Å². The van der Waals surface area contributed by atoms with Crippen LogP contribution in [0.1, 0.15) is 17.5 Å². The maximum Gasteiger partial charge on any atom is 0.124 e. The van der Waals surface area contributed by atoms with E-state index in [-0.39, 0.29) is 0 Å². The monoisotopic (exact) mass is 249 g/mol. The lowest BCUT2D eigenvalue weighted by molar-refractivity contribution is -0.107. The number of aromatic nitrogens is 1. The molecule has 1 aliphatic rings. The Labute approximate surface area is 112 Å². The molecule has 1 heterocycles. The van der Waals surface area contributed by atoms with Crippen LogP contribution in [0, 0.1) is 0 Å². The van der Waals surface area contributed by atoms with Crippen LogP contribution < -0.4 is 0 Å². The van der Waals surface area contributed by atoms with Crippen LogP contribution in [0.3, 0.4) is 0 Å². The van der Waals surface area contributed by atoms with Crippen LogP contribution in [0.2, 0.25) is 0 Å². The van der Waals surface area contributed by atoms with Gasteiger partial charge in [-0.2, -0.15) is 0 Å². The molecule has 1 aromatic carbocycles. The Morgan fingerprint density at radius 3 is 3.11 bits per heavy atom. The van der Waals surface area contributed by atoms with Crippen molar-refractivity contribution in [3.05, 3.63) is 65.9 Å². The van der Waals surface area contributed by atoms with Gasteiger partial charge in [-0.3, -0.25) is 0 Å². The average Bonchev–Trinajstić information content (AvgIpc) is 2.66. The Morgan fingerprint density at radius 2 is 2.21 bits per heavy atom. The lowest BCUT2D eigenvalue weighted by Crippen LogP contribution is -1.85. The van der Waals surface area contributed by atoms with Gasteiger partial charge in [0.05, 0.1) is 0 Å². The third-order valence-corrected chi connectivity index (χ3v) is 3.39. The summed E-state index contributed by atoms with van der Waals surface area (Å²) in [6.45, 7) is 0. The smallest absolute Gasteiger partial charge is 0.124 e. The van der Waals surface area contributed by atoms with E-state index < -0.39 is 0 Å². The molecule has 94 valence electrons. The van der Waals surface area contributed by atoms with Gasteiger partial charge in [0.15, 0.2) is 0 Å². The lowest BCUT2D eigenvalue weighted by Gasteiger charge is -2.03. The Kier molecular flexibility index (Phi) is 3.15. The van der Waals surface area contributed by atoms with Crippen LogP contribution in [0.25, 0.3) is 16.5 Å². The zero-order chi connectivity index (χ0) is 13.1. The predicted octanol–water partition coefficient (Wildman–Crippen LogP) is 3.81. The number of aromatic amines is 1. The zero-order valence-corrected chi connectivity index (χ0v) is 10.6. The Morgan fingerprint density at radius 1 is 1.26 bits per heavy atom. The quantitative estimate of drug-likeness (QED) is 0.824. The highest BCUT2D eigenvalue weighted by Gasteiger charge is 2.06. The summed E-state index contributed by atoms with van der Waals surface area (Å²) in [7, 11) is 0. The van der Waals surface area contributed by atoms with Gasteiger partial charge in [0.25, 0.3) is 0 Å². The summed E-state index contributed by atoms with van der Waals surface area (Å²) in [6.07, 6.45) is 14.9. The molecule has 2 aromatic rings. The molecule has 1 aliphatic carbocycles. The molecule has 1 N–H and O–H groups in total. The number of hydrogen-bond donors (Lipinski definition) is 1. The third-order valence-electron chi connectivity index (χ3n) is 3.39. The molecule has 3 rings (SSSR count). The van der Waals surface area contributed by atoms with Crippen LogP contribution in [-0.4, -0.2) is 11.3 Å². The van der Waals surface area contributed by atoms with E-state index in [0.717, 1.165) is 29.2 Å². The topological polar surface area (TPSA) is 32.9 Å². The normalized spacial score (nSPS) is 14.4. The second-order valence-corrected chi connectivity index (χ2v) is 4.63. The molecule has 0 amide bonds. The van der Waals surface area contributed by atoms with E-state index in [1.54, 1.807) is 0 Å². The maximum absolute atomic E-state index is 10.7. The summed E-state index contributed by atoms with van der Waals surface area (Å²) in [5.74, 6) is 0. The van der Waals surface area contributed by atoms with Gasteiger partial charge >= 0.3 is 0 Å². The molecule has 0 radical (unpaired) electrons. The summed E-state index contributed by atoms with van der Waals surface area (Å²) in [5.41, 5.74) is 4.52. The predicted molar refractivity (Wildman–Crippen MR) is 78.9 cm³/mol.